The minimum absolute atomic E-state index is 0.112. The summed E-state index contributed by atoms with van der Waals surface area (Å²) in [6.07, 6.45) is 0.979. The van der Waals surface area contributed by atoms with E-state index in [1.54, 1.807) is 18.2 Å². The topological polar surface area (TPSA) is 46.2 Å². The van der Waals surface area contributed by atoms with Crippen molar-refractivity contribution in [1.82, 2.24) is 5.32 Å². The van der Waals surface area contributed by atoms with Gasteiger partial charge in [-0.2, -0.15) is 0 Å². The van der Waals surface area contributed by atoms with Crippen LogP contribution in [-0.4, -0.2) is 20.7 Å². The minimum atomic E-state index is -3.12. The molecular formula is C11H14ClNO2S. The van der Waals surface area contributed by atoms with E-state index in [1.807, 2.05) is 0 Å². The van der Waals surface area contributed by atoms with Crippen molar-refractivity contribution in [2.24, 2.45) is 0 Å². The molecule has 3 nitrogen and oxygen atoms in total. The molecule has 0 fully saturated rings. The Morgan fingerprint density at radius 3 is 2.94 bits per heavy atom. The standard InChI is InChI=1S/C11H14ClNO2S/c1-2-5-13-10-7-16(14,15)11-4-3-8(12)6-9(10)11/h3-4,6,10,13H,2,5,7H2,1H3. The van der Waals surface area contributed by atoms with E-state index < -0.39 is 9.84 Å². The second-order valence-corrected chi connectivity index (χ2v) is 6.41. The Morgan fingerprint density at radius 1 is 1.50 bits per heavy atom. The zero-order chi connectivity index (χ0) is 11.8. The predicted octanol–water partition coefficient (Wildman–Crippen LogP) is 2.17. The van der Waals surface area contributed by atoms with E-state index in [-0.39, 0.29) is 11.8 Å². The SMILES string of the molecule is CCCNC1CS(=O)(=O)c2ccc(Cl)cc21. The quantitative estimate of drug-likeness (QED) is 0.905. The summed E-state index contributed by atoms with van der Waals surface area (Å²) < 4.78 is 23.7. The molecule has 0 aliphatic carbocycles. The normalized spacial score (nSPS) is 22.0. The molecule has 0 bridgehead atoms. The molecule has 1 aliphatic heterocycles. The molecular weight excluding hydrogens is 246 g/mol. The van der Waals surface area contributed by atoms with Crippen LogP contribution in [0.1, 0.15) is 24.9 Å². The Kier molecular flexibility index (Phi) is 3.24. The highest BCUT2D eigenvalue weighted by atomic mass is 35.5. The van der Waals surface area contributed by atoms with E-state index in [1.165, 1.54) is 0 Å². The Hall–Kier alpha value is -0.580. The van der Waals surface area contributed by atoms with Gasteiger partial charge in [0.2, 0.25) is 0 Å². The van der Waals surface area contributed by atoms with Crippen molar-refractivity contribution in [3.63, 3.8) is 0 Å². The molecule has 0 spiro atoms. The van der Waals surface area contributed by atoms with Crippen molar-refractivity contribution < 1.29 is 8.42 Å². The van der Waals surface area contributed by atoms with Gasteiger partial charge in [0.1, 0.15) is 0 Å². The fourth-order valence-corrected chi connectivity index (χ4v) is 3.89. The molecule has 1 unspecified atom stereocenters. The third kappa shape index (κ3) is 2.10. The van der Waals surface area contributed by atoms with Gasteiger partial charge in [0, 0.05) is 11.1 Å². The van der Waals surface area contributed by atoms with Gasteiger partial charge in [-0.3, -0.25) is 0 Å². The van der Waals surface area contributed by atoms with Gasteiger partial charge in [-0.1, -0.05) is 18.5 Å². The summed E-state index contributed by atoms with van der Waals surface area (Å²) in [5, 5.41) is 3.82. The number of halogens is 1. The molecule has 0 aromatic heterocycles. The van der Waals surface area contributed by atoms with Crippen molar-refractivity contribution in [2.75, 3.05) is 12.3 Å². The second-order valence-electron chi connectivity index (χ2n) is 3.97. The number of hydrogen-bond donors (Lipinski definition) is 1. The van der Waals surface area contributed by atoms with Crippen LogP contribution in [0.3, 0.4) is 0 Å². The molecule has 0 radical (unpaired) electrons. The summed E-state index contributed by atoms with van der Waals surface area (Å²) in [4.78, 5) is 0.422. The van der Waals surface area contributed by atoms with E-state index in [9.17, 15) is 8.42 Å². The van der Waals surface area contributed by atoms with Crippen molar-refractivity contribution in [3.05, 3.63) is 28.8 Å². The van der Waals surface area contributed by atoms with Crippen LogP contribution in [0, 0.1) is 0 Å². The van der Waals surface area contributed by atoms with Gasteiger partial charge in [0.15, 0.2) is 9.84 Å². The molecule has 16 heavy (non-hydrogen) atoms. The fourth-order valence-electron chi connectivity index (χ4n) is 1.96. The van der Waals surface area contributed by atoms with Crippen LogP contribution >= 0.6 is 11.6 Å². The molecule has 1 aromatic rings. The molecule has 0 saturated heterocycles. The first kappa shape index (κ1) is 11.9. The van der Waals surface area contributed by atoms with Crippen LogP contribution in [0.2, 0.25) is 5.02 Å². The average Bonchev–Trinajstić information content (AvgIpc) is 2.47. The van der Waals surface area contributed by atoms with E-state index >= 15 is 0 Å². The van der Waals surface area contributed by atoms with Gasteiger partial charge in [-0.15, -0.1) is 0 Å². The number of nitrogens with one attached hydrogen (secondary N) is 1. The molecule has 5 heteroatoms. The highest BCUT2D eigenvalue weighted by molar-refractivity contribution is 7.91. The highest BCUT2D eigenvalue weighted by Gasteiger charge is 2.34. The Morgan fingerprint density at radius 2 is 2.25 bits per heavy atom. The number of hydrogen-bond acceptors (Lipinski definition) is 3. The zero-order valence-corrected chi connectivity index (χ0v) is 10.6. The van der Waals surface area contributed by atoms with Crippen LogP contribution in [-0.2, 0) is 9.84 Å². The number of benzene rings is 1. The smallest absolute Gasteiger partial charge is 0.180 e. The maximum atomic E-state index is 11.9. The van der Waals surface area contributed by atoms with Crippen molar-refractivity contribution in [2.45, 2.75) is 24.3 Å². The summed E-state index contributed by atoms with van der Waals surface area (Å²) in [5.41, 5.74) is 0.806. The largest absolute Gasteiger partial charge is 0.309 e. The average molecular weight is 260 g/mol. The van der Waals surface area contributed by atoms with Gasteiger partial charge in [0.25, 0.3) is 0 Å². The Balaban J connectivity index is 2.40. The van der Waals surface area contributed by atoms with Crippen molar-refractivity contribution in [1.29, 1.82) is 0 Å². The number of sulfone groups is 1. The van der Waals surface area contributed by atoms with E-state index in [0.29, 0.717) is 9.92 Å². The molecule has 88 valence electrons. The lowest BCUT2D eigenvalue weighted by molar-refractivity contribution is 0.564. The molecule has 2 rings (SSSR count). The first-order valence-corrected chi connectivity index (χ1v) is 7.33. The summed E-state index contributed by atoms with van der Waals surface area (Å²) in [6, 6.07) is 4.86. The number of rotatable bonds is 3. The van der Waals surface area contributed by atoms with Gasteiger partial charge in [-0.05, 0) is 36.7 Å². The maximum absolute atomic E-state index is 11.9. The third-order valence-electron chi connectivity index (χ3n) is 2.71. The minimum Gasteiger partial charge on any atom is -0.309 e. The lowest BCUT2D eigenvalue weighted by atomic mass is 10.1. The zero-order valence-electron chi connectivity index (χ0n) is 9.03. The van der Waals surface area contributed by atoms with E-state index in [2.05, 4.69) is 12.2 Å². The first-order valence-electron chi connectivity index (χ1n) is 5.30. The lowest BCUT2D eigenvalue weighted by Crippen LogP contribution is -2.23. The van der Waals surface area contributed by atoms with Crippen LogP contribution in [0.4, 0.5) is 0 Å². The van der Waals surface area contributed by atoms with Gasteiger partial charge in [0.05, 0.1) is 10.6 Å². The number of fused-ring (bicyclic) bond motifs is 1. The molecule has 1 atom stereocenters. The fraction of sp³-hybridized carbons (Fsp3) is 0.455. The monoisotopic (exact) mass is 259 g/mol. The Bertz CT molecular complexity index is 499. The van der Waals surface area contributed by atoms with Crippen LogP contribution in [0.5, 0.6) is 0 Å². The summed E-state index contributed by atoms with van der Waals surface area (Å²) in [6.45, 7) is 2.86. The summed E-state index contributed by atoms with van der Waals surface area (Å²) in [7, 11) is -3.12. The molecule has 0 saturated carbocycles. The predicted molar refractivity (Wildman–Crippen MR) is 64.5 cm³/mol. The first-order chi connectivity index (χ1) is 7.54. The van der Waals surface area contributed by atoms with Crippen LogP contribution in [0.25, 0.3) is 0 Å². The van der Waals surface area contributed by atoms with Crippen molar-refractivity contribution in [3.8, 4) is 0 Å². The maximum Gasteiger partial charge on any atom is 0.180 e. The summed E-state index contributed by atoms with van der Waals surface area (Å²) in [5.74, 6) is 0.142. The van der Waals surface area contributed by atoms with Crippen LogP contribution < -0.4 is 5.32 Å². The Labute approximate surface area is 101 Å². The summed E-state index contributed by atoms with van der Waals surface area (Å²) >= 11 is 5.89. The van der Waals surface area contributed by atoms with Gasteiger partial charge >= 0.3 is 0 Å². The second kappa shape index (κ2) is 4.35. The third-order valence-corrected chi connectivity index (χ3v) is 4.76. The molecule has 1 heterocycles. The van der Waals surface area contributed by atoms with Gasteiger partial charge in [-0.25, -0.2) is 8.42 Å². The lowest BCUT2D eigenvalue weighted by Gasteiger charge is -2.11. The molecule has 1 N–H and O–H groups in total. The van der Waals surface area contributed by atoms with E-state index in [0.717, 1.165) is 18.5 Å². The highest BCUT2D eigenvalue weighted by Crippen LogP contribution is 2.34. The van der Waals surface area contributed by atoms with Crippen molar-refractivity contribution >= 4 is 21.4 Å². The molecule has 0 amide bonds. The van der Waals surface area contributed by atoms with E-state index in [4.69, 9.17) is 11.6 Å². The molecule has 1 aliphatic rings. The van der Waals surface area contributed by atoms with Crippen LogP contribution in [0.15, 0.2) is 23.1 Å². The molecule has 1 aromatic carbocycles. The van der Waals surface area contributed by atoms with Gasteiger partial charge < -0.3 is 5.32 Å².